The minimum atomic E-state index is 0.510. The Bertz CT molecular complexity index is 732. The predicted molar refractivity (Wildman–Crippen MR) is 103 cm³/mol. The highest BCUT2D eigenvalue weighted by atomic mass is 15.0. The Morgan fingerprint density at radius 1 is 0.875 bits per heavy atom. The van der Waals surface area contributed by atoms with Crippen molar-refractivity contribution in [2.24, 2.45) is 17.0 Å². The Balaban J connectivity index is 1.83. The summed E-state index contributed by atoms with van der Waals surface area (Å²) in [5.74, 6) is 0. The minimum absolute atomic E-state index is 0.510. The number of benzene rings is 1. The van der Waals surface area contributed by atoms with Gasteiger partial charge in [-0.05, 0) is 51.0 Å². The number of hydrogen-bond acceptors (Lipinski definition) is 2. The van der Waals surface area contributed by atoms with E-state index >= 15 is 0 Å². The van der Waals surface area contributed by atoms with Gasteiger partial charge < -0.3 is 4.57 Å². The molecule has 0 aliphatic heterocycles. The molecular formula is C21H27N3. The third-order valence-corrected chi connectivity index (χ3v) is 4.87. The number of rotatable bonds is 4. The molecule has 0 radical (unpaired) electrons. The zero-order chi connectivity index (χ0) is 16.9. The average Bonchev–Trinajstić information content (AvgIpc) is 2.98. The number of hydrogen-bond donors (Lipinski definition) is 0. The van der Waals surface area contributed by atoms with Gasteiger partial charge in [0.1, 0.15) is 0 Å². The van der Waals surface area contributed by atoms with Crippen molar-refractivity contribution < 1.29 is 0 Å². The first-order chi connectivity index (χ1) is 11.6. The van der Waals surface area contributed by atoms with Crippen molar-refractivity contribution >= 4 is 17.1 Å². The molecule has 0 spiro atoms. The minimum Gasteiger partial charge on any atom is -0.342 e. The molecule has 1 fully saturated rings. The lowest BCUT2D eigenvalue weighted by Gasteiger charge is -2.18. The van der Waals surface area contributed by atoms with E-state index in [1.165, 1.54) is 37.8 Å². The molecule has 2 aromatic rings. The van der Waals surface area contributed by atoms with E-state index < -0.39 is 0 Å². The first-order valence-electron chi connectivity index (χ1n) is 8.96. The third kappa shape index (κ3) is 3.84. The van der Waals surface area contributed by atoms with Crippen molar-refractivity contribution in [2.45, 2.75) is 52.0 Å². The van der Waals surface area contributed by atoms with E-state index in [0.717, 1.165) is 22.8 Å². The molecular weight excluding hydrogens is 294 g/mol. The maximum Gasteiger partial charge on any atom is 0.0633 e. The molecule has 1 aromatic carbocycles. The van der Waals surface area contributed by atoms with Crippen LogP contribution in [0.25, 0.3) is 0 Å². The highest BCUT2D eigenvalue weighted by Crippen LogP contribution is 2.22. The lowest BCUT2D eigenvalue weighted by Crippen LogP contribution is -2.14. The zero-order valence-electron chi connectivity index (χ0n) is 15.0. The van der Waals surface area contributed by atoms with Crippen LogP contribution < -0.4 is 0 Å². The van der Waals surface area contributed by atoms with Gasteiger partial charge in [0.25, 0.3) is 0 Å². The van der Waals surface area contributed by atoms with Gasteiger partial charge in [-0.3, -0.25) is 9.98 Å². The molecule has 3 nitrogen and oxygen atoms in total. The molecule has 3 rings (SSSR count). The molecule has 1 aromatic heterocycles. The summed E-state index contributed by atoms with van der Waals surface area (Å²) in [6.45, 7) is 4.21. The van der Waals surface area contributed by atoms with Crippen molar-refractivity contribution in [2.75, 3.05) is 0 Å². The van der Waals surface area contributed by atoms with E-state index in [4.69, 9.17) is 9.98 Å². The standard InChI is InChI=1S/C21H27N3/c1-16(22-18-10-6-4-7-11-18)20-14-15-21(24(20)3)17(2)23-19-12-8-5-9-13-19/h4,6-7,10-11,14-15,19H,5,8-9,12-13H2,1-3H3. The van der Waals surface area contributed by atoms with Crippen molar-refractivity contribution in [3.05, 3.63) is 53.9 Å². The number of aliphatic imine (C=N–C) groups is 2. The van der Waals surface area contributed by atoms with E-state index in [9.17, 15) is 0 Å². The number of para-hydroxylation sites is 1. The molecule has 1 aliphatic carbocycles. The smallest absolute Gasteiger partial charge is 0.0633 e. The van der Waals surface area contributed by atoms with Gasteiger partial charge >= 0.3 is 0 Å². The van der Waals surface area contributed by atoms with Crippen LogP contribution >= 0.6 is 0 Å². The van der Waals surface area contributed by atoms with Crippen LogP contribution in [0.3, 0.4) is 0 Å². The predicted octanol–water partition coefficient (Wildman–Crippen LogP) is 5.31. The molecule has 0 N–H and O–H groups in total. The van der Waals surface area contributed by atoms with Crippen molar-refractivity contribution in [3.8, 4) is 0 Å². The van der Waals surface area contributed by atoms with Gasteiger partial charge in [-0.2, -0.15) is 0 Å². The van der Waals surface area contributed by atoms with Gasteiger partial charge in [0, 0.05) is 7.05 Å². The van der Waals surface area contributed by atoms with Crippen LogP contribution in [0.5, 0.6) is 0 Å². The van der Waals surface area contributed by atoms with Gasteiger partial charge in [0.05, 0.1) is 34.5 Å². The Morgan fingerprint density at radius 3 is 2.17 bits per heavy atom. The number of nitrogens with zero attached hydrogens (tertiary/aromatic N) is 3. The van der Waals surface area contributed by atoms with E-state index in [0.29, 0.717) is 6.04 Å². The summed E-state index contributed by atoms with van der Waals surface area (Å²) >= 11 is 0. The molecule has 0 bridgehead atoms. The molecule has 0 atom stereocenters. The number of aromatic nitrogens is 1. The third-order valence-electron chi connectivity index (χ3n) is 4.87. The van der Waals surface area contributed by atoms with Crippen LogP contribution in [0.2, 0.25) is 0 Å². The fourth-order valence-electron chi connectivity index (χ4n) is 3.54. The molecule has 0 unspecified atom stereocenters. The van der Waals surface area contributed by atoms with Gasteiger partial charge in [0.15, 0.2) is 0 Å². The quantitative estimate of drug-likeness (QED) is 0.683. The Labute approximate surface area is 145 Å². The second-order valence-electron chi connectivity index (χ2n) is 6.70. The summed E-state index contributed by atoms with van der Waals surface area (Å²) in [5.41, 5.74) is 5.50. The summed E-state index contributed by atoms with van der Waals surface area (Å²) in [4.78, 5) is 9.71. The second-order valence-corrected chi connectivity index (χ2v) is 6.70. The monoisotopic (exact) mass is 321 g/mol. The van der Waals surface area contributed by atoms with Gasteiger partial charge in [-0.15, -0.1) is 0 Å². The molecule has 0 amide bonds. The Morgan fingerprint density at radius 2 is 1.50 bits per heavy atom. The summed E-state index contributed by atoms with van der Waals surface area (Å²) in [5, 5.41) is 0. The molecule has 3 heteroatoms. The molecule has 0 saturated heterocycles. The van der Waals surface area contributed by atoms with E-state index in [1.54, 1.807) is 0 Å². The lowest BCUT2D eigenvalue weighted by atomic mass is 9.96. The maximum absolute atomic E-state index is 4.98. The van der Waals surface area contributed by atoms with Gasteiger partial charge in [-0.1, -0.05) is 37.5 Å². The highest BCUT2D eigenvalue weighted by Gasteiger charge is 2.14. The summed E-state index contributed by atoms with van der Waals surface area (Å²) < 4.78 is 2.21. The van der Waals surface area contributed by atoms with E-state index in [-0.39, 0.29) is 0 Å². The summed E-state index contributed by atoms with van der Waals surface area (Å²) in [6, 6.07) is 14.9. The SMILES string of the molecule is CC(=Nc1ccccc1)c1ccc(C(C)=NC2CCCCC2)n1C. The average molecular weight is 321 g/mol. The molecule has 1 aliphatic rings. The molecule has 126 valence electrons. The van der Waals surface area contributed by atoms with Crippen LogP contribution in [-0.2, 0) is 7.05 Å². The van der Waals surface area contributed by atoms with Crippen LogP contribution in [0.4, 0.5) is 5.69 Å². The first kappa shape index (κ1) is 16.7. The molecule has 24 heavy (non-hydrogen) atoms. The van der Waals surface area contributed by atoms with E-state index in [2.05, 4.69) is 37.6 Å². The van der Waals surface area contributed by atoms with Crippen LogP contribution in [0.1, 0.15) is 57.3 Å². The molecule has 1 heterocycles. The molecule has 1 saturated carbocycles. The Kier molecular flexibility index (Phi) is 5.29. The normalized spacial score (nSPS) is 17.3. The fourth-order valence-corrected chi connectivity index (χ4v) is 3.54. The summed E-state index contributed by atoms with van der Waals surface area (Å²) in [7, 11) is 2.11. The van der Waals surface area contributed by atoms with E-state index in [1.807, 2.05) is 30.3 Å². The van der Waals surface area contributed by atoms with Crippen molar-refractivity contribution in [1.29, 1.82) is 0 Å². The van der Waals surface area contributed by atoms with Crippen molar-refractivity contribution in [1.82, 2.24) is 4.57 Å². The van der Waals surface area contributed by atoms with Crippen LogP contribution in [-0.4, -0.2) is 22.0 Å². The van der Waals surface area contributed by atoms with Gasteiger partial charge in [-0.25, -0.2) is 0 Å². The zero-order valence-corrected chi connectivity index (χ0v) is 15.0. The van der Waals surface area contributed by atoms with Crippen LogP contribution in [0, 0.1) is 0 Å². The first-order valence-corrected chi connectivity index (χ1v) is 8.96. The second kappa shape index (κ2) is 7.61. The topological polar surface area (TPSA) is 29.6 Å². The largest absolute Gasteiger partial charge is 0.342 e. The summed E-state index contributed by atoms with van der Waals surface area (Å²) in [6.07, 6.45) is 6.49. The van der Waals surface area contributed by atoms with Gasteiger partial charge in [0.2, 0.25) is 0 Å². The highest BCUT2D eigenvalue weighted by molar-refractivity contribution is 6.03. The Hall–Kier alpha value is -2.16. The van der Waals surface area contributed by atoms with Crippen molar-refractivity contribution in [3.63, 3.8) is 0 Å². The fraction of sp³-hybridized carbons (Fsp3) is 0.429. The lowest BCUT2D eigenvalue weighted by molar-refractivity contribution is 0.443. The van der Waals surface area contributed by atoms with Crippen LogP contribution in [0.15, 0.2) is 52.4 Å². The maximum atomic E-state index is 4.98.